The highest BCUT2D eigenvalue weighted by Crippen LogP contribution is 2.67. The van der Waals surface area contributed by atoms with Gasteiger partial charge in [0.2, 0.25) is 4.52 Å². The van der Waals surface area contributed by atoms with Crippen molar-refractivity contribution in [2.24, 2.45) is 4.52 Å². The second-order valence-electron chi connectivity index (χ2n) is 19.1. The van der Waals surface area contributed by atoms with Crippen molar-refractivity contribution in [3.63, 3.8) is 0 Å². The van der Waals surface area contributed by atoms with E-state index in [9.17, 15) is 0 Å². The molecule has 0 heterocycles. The zero-order valence-corrected chi connectivity index (χ0v) is 47.6. The molecule has 0 aliphatic rings. The first-order chi connectivity index (χ1) is 41.0. The zero-order valence-electron chi connectivity index (χ0n) is 44.9. The number of benzene rings is 12. The molecule has 1 N–H and O–H groups in total. The van der Waals surface area contributed by atoms with Crippen LogP contribution in [0, 0.1) is 0 Å². The summed E-state index contributed by atoms with van der Waals surface area (Å²) in [5.74, 6) is 3.02. The molecule has 0 amide bonds. The number of nitrogens with one attached hydrogen (secondary N) is 1. The number of rotatable bonds is 21. The molecule has 0 aromatic heterocycles. The van der Waals surface area contributed by atoms with Gasteiger partial charge in [0.1, 0.15) is 11.5 Å². The van der Waals surface area contributed by atoms with Gasteiger partial charge in [-0.3, -0.25) is 9.05 Å². The van der Waals surface area contributed by atoms with Gasteiger partial charge in [-0.15, -0.1) is 0 Å². The van der Waals surface area contributed by atoms with Crippen LogP contribution >= 0.6 is 24.7 Å². The molecule has 12 aromatic carbocycles. The van der Waals surface area contributed by atoms with Crippen LogP contribution in [-0.4, -0.2) is 0 Å². The van der Waals surface area contributed by atoms with Gasteiger partial charge in [-0.25, -0.2) is 9.05 Å². The molecular formula is C72H55N2O6P3+2. The molecule has 0 bridgehead atoms. The monoisotopic (exact) mass is 1140 g/mol. The summed E-state index contributed by atoms with van der Waals surface area (Å²) in [6.07, 6.45) is 0. The van der Waals surface area contributed by atoms with Crippen LogP contribution in [0.25, 0.3) is 66.8 Å². The molecule has 12 rings (SSSR count). The fraction of sp³-hybridized carbons (Fsp3) is 0. The van der Waals surface area contributed by atoms with E-state index in [1.807, 2.05) is 255 Å². The van der Waals surface area contributed by atoms with Gasteiger partial charge in [0.05, 0.1) is 0 Å². The number of nitrogens with zero attached hydrogens (tertiary/aromatic N) is 1. The first-order valence-corrected chi connectivity index (χ1v) is 30.9. The minimum Gasteiger partial charge on any atom is -0.425 e. The van der Waals surface area contributed by atoms with E-state index in [1.54, 1.807) is 0 Å². The van der Waals surface area contributed by atoms with Crippen LogP contribution in [0.1, 0.15) is 0 Å². The third-order valence-corrected chi connectivity index (χ3v) is 19.0. The summed E-state index contributed by atoms with van der Waals surface area (Å²) < 4.78 is 48.2. The minimum atomic E-state index is -4.07. The Labute approximate surface area is 487 Å². The summed E-state index contributed by atoms with van der Waals surface area (Å²) in [6, 6.07) is 109. The lowest BCUT2D eigenvalue weighted by Crippen LogP contribution is -2.23. The second-order valence-corrected chi connectivity index (χ2v) is 23.7. The highest BCUT2D eigenvalue weighted by atomic mass is 31.3. The lowest BCUT2D eigenvalue weighted by Gasteiger charge is -2.22. The van der Waals surface area contributed by atoms with E-state index >= 15 is 0 Å². The number of hydrogen-bond donors (Lipinski definition) is 1. The van der Waals surface area contributed by atoms with Crippen molar-refractivity contribution in [3.05, 3.63) is 328 Å². The number of hydrogen-bond acceptors (Lipinski definition) is 8. The summed E-state index contributed by atoms with van der Waals surface area (Å²) in [5, 5.41) is 0. The van der Waals surface area contributed by atoms with Gasteiger partial charge in [-0.05, 0) is 144 Å². The maximum atomic E-state index is 7.35. The Morgan fingerprint density at radius 1 is 0.241 bits per heavy atom. The predicted molar refractivity (Wildman–Crippen MR) is 341 cm³/mol. The summed E-state index contributed by atoms with van der Waals surface area (Å²) in [4.78, 5) is 3.69. The summed E-state index contributed by atoms with van der Waals surface area (Å²) >= 11 is 0. The Morgan fingerprint density at radius 3 is 0.687 bits per heavy atom. The summed E-state index contributed by atoms with van der Waals surface area (Å²) in [7, 11) is -8.69. The molecule has 0 aliphatic heterocycles. The highest BCUT2D eigenvalue weighted by molar-refractivity contribution is 7.75. The molecule has 0 atom stereocenters. The fourth-order valence-corrected chi connectivity index (χ4v) is 14.6. The SMILES string of the molecule is c1ccc(-c2ccc(OP(N[P+](N=[P+](Oc3ccc(-c4ccccc4)cc3)Oc3ccc(-c4ccccc4)cc3)(Oc3ccc(-c4ccccc4)cc3)Oc3ccc(-c4ccccc4)cc3)Oc3ccc(-c4ccccc4)cc3)cc2)cc1. The standard InChI is InChI=1S/C72H55N2O6P3/c1-7-19-55(20-8-1)61-31-43-67(44-32-61)75-81(76-68-45-33-62(34-46-68)56-21-9-2-10-22-56)73-83(79-71-51-39-65(40-52-71)59-27-15-5-16-28-59,80-72-53-41-66(42-54-72)60-29-17-6-18-30-60)74-82(77-69-47-35-63(36-48-69)57-23-11-3-12-24-57)78-70-49-37-64(38-50-70)58-25-13-4-14-26-58/h1-54,73H/q+2. The Bertz CT molecular complexity index is 3730. The fourth-order valence-electron chi connectivity index (χ4n) is 9.12. The minimum absolute atomic E-state index is 0.457. The molecule has 12 aromatic rings. The normalized spacial score (nSPS) is 11.0. The van der Waals surface area contributed by atoms with Gasteiger partial charge < -0.3 is 9.05 Å². The van der Waals surface area contributed by atoms with Crippen molar-refractivity contribution in [1.29, 1.82) is 0 Å². The van der Waals surface area contributed by atoms with Crippen LogP contribution in [0.4, 0.5) is 0 Å². The maximum absolute atomic E-state index is 7.35. The van der Waals surface area contributed by atoms with Crippen molar-refractivity contribution >= 4 is 24.7 Å². The van der Waals surface area contributed by atoms with Crippen LogP contribution < -0.4 is 32.0 Å². The van der Waals surface area contributed by atoms with E-state index in [0.717, 1.165) is 66.8 Å². The van der Waals surface area contributed by atoms with Crippen molar-refractivity contribution < 1.29 is 27.1 Å². The van der Waals surface area contributed by atoms with E-state index in [2.05, 4.69) is 77.7 Å². The molecule has 83 heavy (non-hydrogen) atoms. The van der Waals surface area contributed by atoms with Crippen molar-refractivity contribution in [1.82, 2.24) is 4.86 Å². The van der Waals surface area contributed by atoms with Gasteiger partial charge >= 0.3 is 24.7 Å². The summed E-state index contributed by atoms with van der Waals surface area (Å²) in [6.45, 7) is 0. The van der Waals surface area contributed by atoms with Gasteiger partial charge in [0, 0.05) is 0 Å². The largest absolute Gasteiger partial charge is 0.715 e. The van der Waals surface area contributed by atoms with E-state index in [4.69, 9.17) is 31.7 Å². The molecule has 11 heteroatoms. The highest BCUT2D eigenvalue weighted by Gasteiger charge is 2.60. The Balaban J connectivity index is 1.01. The smallest absolute Gasteiger partial charge is 0.425 e. The molecule has 0 aliphatic carbocycles. The van der Waals surface area contributed by atoms with Gasteiger partial charge in [-0.2, -0.15) is 0 Å². The predicted octanol–water partition coefficient (Wildman–Crippen LogP) is 21.5. The quantitative estimate of drug-likeness (QED) is 0.0718. The average molecular weight is 1140 g/mol. The summed E-state index contributed by atoms with van der Waals surface area (Å²) in [5.41, 5.74) is 12.5. The molecule has 0 saturated carbocycles. The van der Waals surface area contributed by atoms with Crippen molar-refractivity contribution in [2.75, 3.05) is 0 Å². The topological polar surface area (TPSA) is 79.8 Å². The lowest BCUT2D eigenvalue weighted by atomic mass is 10.1. The first-order valence-electron chi connectivity index (χ1n) is 27.1. The van der Waals surface area contributed by atoms with Crippen LogP contribution in [-0.2, 0) is 0 Å². The van der Waals surface area contributed by atoms with Gasteiger partial charge in [0.25, 0.3) is 0 Å². The lowest BCUT2D eigenvalue weighted by molar-refractivity contribution is 0.438. The Kier molecular flexibility index (Phi) is 17.1. The van der Waals surface area contributed by atoms with Gasteiger partial charge in [0.15, 0.2) is 23.0 Å². The molecule has 0 unspecified atom stereocenters. The Hall–Kier alpha value is -9.64. The third kappa shape index (κ3) is 14.3. The molecular weight excluding hydrogens is 1080 g/mol. The van der Waals surface area contributed by atoms with Crippen LogP contribution in [0.2, 0.25) is 0 Å². The Morgan fingerprint density at radius 2 is 0.446 bits per heavy atom. The van der Waals surface area contributed by atoms with Gasteiger partial charge in [-0.1, -0.05) is 255 Å². The van der Waals surface area contributed by atoms with E-state index < -0.39 is 24.7 Å². The van der Waals surface area contributed by atoms with Crippen LogP contribution in [0.15, 0.2) is 332 Å². The van der Waals surface area contributed by atoms with E-state index in [-0.39, 0.29) is 0 Å². The molecule has 0 radical (unpaired) electrons. The zero-order chi connectivity index (χ0) is 55.9. The van der Waals surface area contributed by atoms with Crippen molar-refractivity contribution in [3.8, 4) is 101 Å². The molecule has 402 valence electrons. The maximum Gasteiger partial charge on any atom is 0.715 e. The molecule has 0 saturated heterocycles. The van der Waals surface area contributed by atoms with Crippen molar-refractivity contribution in [2.45, 2.75) is 0 Å². The second kappa shape index (κ2) is 26.3. The first kappa shape index (κ1) is 54.0. The van der Waals surface area contributed by atoms with Crippen LogP contribution in [0.5, 0.6) is 34.5 Å². The third-order valence-electron chi connectivity index (χ3n) is 13.4. The molecule has 8 nitrogen and oxygen atoms in total. The van der Waals surface area contributed by atoms with Crippen LogP contribution in [0.3, 0.4) is 0 Å². The van der Waals surface area contributed by atoms with E-state index in [0.29, 0.717) is 34.5 Å². The average Bonchev–Trinajstić information content (AvgIpc) is 3.58. The van der Waals surface area contributed by atoms with E-state index in [1.165, 1.54) is 0 Å². The molecule has 0 spiro atoms. The molecule has 0 fully saturated rings.